The zero-order valence-electron chi connectivity index (χ0n) is 12.8. The summed E-state index contributed by atoms with van der Waals surface area (Å²) in [5.41, 5.74) is 0.938. The predicted molar refractivity (Wildman–Crippen MR) is 95.4 cm³/mol. The molecule has 118 valence electrons. The van der Waals surface area contributed by atoms with E-state index in [1.165, 1.54) is 23.1 Å². The quantitative estimate of drug-likeness (QED) is 0.632. The van der Waals surface area contributed by atoms with Crippen molar-refractivity contribution in [2.24, 2.45) is 5.92 Å². The molecule has 2 aromatic rings. The topological polar surface area (TPSA) is 46.9 Å². The van der Waals surface area contributed by atoms with Gasteiger partial charge in [-0.2, -0.15) is 0 Å². The van der Waals surface area contributed by atoms with Crippen LogP contribution >= 0.6 is 35.3 Å². The maximum Gasteiger partial charge on any atom is 0.233 e. The number of aromatic nitrogens is 2. The second kappa shape index (κ2) is 7.89. The first-order chi connectivity index (χ1) is 10.5. The van der Waals surface area contributed by atoms with Crippen molar-refractivity contribution in [3.8, 4) is 5.69 Å². The Balaban J connectivity index is 2.05. The standard InChI is InChI=1S/C15H19N3OS3/c1-10(2)9-16-13(19)11(3)21-14-17-18(15(20)22-14)12-7-5-4-6-8-12/h4-8,10-11H,9H2,1-3H3,(H,16,19). The van der Waals surface area contributed by atoms with Crippen LogP contribution in [0.5, 0.6) is 0 Å². The second-order valence-electron chi connectivity index (χ2n) is 5.28. The summed E-state index contributed by atoms with van der Waals surface area (Å²) in [6.07, 6.45) is 0. The van der Waals surface area contributed by atoms with E-state index in [0.717, 1.165) is 10.0 Å². The van der Waals surface area contributed by atoms with Crippen LogP contribution in [0.15, 0.2) is 34.7 Å². The molecule has 0 saturated heterocycles. The molecule has 1 aromatic heterocycles. The van der Waals surface area contributed by atoms with Crippen molar-refractivity contribution in [2.45, 2.75) is 30.4 Å². The minimum atomic E-state index is -0.191. The fourth-order valence-corrected chi connectivity index (χ4v) is 4.22. The van der Waals surface area contributed by atoms with Crippen LogP contribution in [0.4, 0.5) is 0 Å². The summed E-state index contributed by atoms with van der Waals surface area (Å²) in [5, 5.41) is 7.26. The Morgan fingerprint density at radius 1 is 1.36 bits per heavy atom. The van der Waals surface area contributed by atoms with E-state index in [0.29, 0.717) is 16.4 Å². The summed E-state index contributed by atoms with van der Waals surface area (Å²) in [6, 6.07) is 9.78. The summed E-state index contributed by atoms with van der Waals surface area (Å²) >= 11 is 8.23. The van der Waals surface area contributed by atoms with Gasteiger partial charge in [0, 0.05) is 6.54 Å². The van der Waals surface area contributed by atoms with Crippen molar-refractivity contribution in [1.82, 2.24) is 15.1 Å². The van der Waals surface area contributed by atoms with Gasteiger partial charge in [0.25, 0.3) is 0 Å². The minimum absolute atomic E-state index is 0.0334. The van der Waals surface area contributed by atoms with Gasteiger partial charge in [-0.15, -0.1) is 5.10 Å². The molecule has 0 aliphatic heterocycles. The summed E-state index contributed by atoms with van der Waals surface area (Å²) < 4.78 is 3.23. The molecule has 1 atom stereocenters. The van der Waals surface area contributed by atoms with Crippen LogP contribution in [-0.2, 0) is 4.79 Å². The van der Waals surface area contributed by atoms with Gasteiger partial charge >= 0.3 is 0 Å². The van der Waals surface area contributed by atoms with Gasteiger partial charge in [0.05, 0.1) is 10.9 Å². The Morgan fingerprint density at radius 2 is 2.05 bits per heavy atom. The molecule has 4 nitrogen and oxygen atoms in total. The first-order valence-electron chi connectivity index (χ1n) is 7.07. The third-order valence-electron chi connectivity index (χ3n) is 2.86. The highest BCUT2D eigenvalue weighted by molar-refractivity contribution is 8.02. The largest absolute Gasteiger partial charge is 0.355 e. The van der Waals surface area contributed by atoms with Gasteiger partial charge in [-0.25, -0.2) is 4.68 Å². The molecule has 2 rings (SSSR count). The van der Waals surface area contributed by atoms with E-state index < -0.39 is 0 Å². The maximum absolute atomic E-state index is 12.0. The number of carbonyl (C=O) groups is 1. The Morgan fingerprint density at radius 3 is 2.68 bits per heavy atom. The van der Waals surface area contributed by atoms with Gasteiger partial charge in [-0.1, -0.05) is 55.1 Å². The Bertz CT molecular complexity index is 679. The molecule has 1 heterocycles. The zero-order valence-corrected chi connectivity index (χ0v) is 15.2. The average Bonchev–Trinajstić information content (AvgIpc) is 2.86. The number of carbonyl (C=O) groups excluding carboxylic acids is 1. The van der Waals surface area contributed by atoms with Crippen molar-refractivity contribution >= 4 is 41.2 Å². The van der Waals surface area contributed by atoms with E-state index in [2.05, 4.69) is 24.3 Å². The number of hydrogen-bond donors (Lipinski definition) is 1. The van der Waals surface area contributed by atoms with E-state index in [4.69, 9.17) is 12.2 Å². The van der Waals surface area contributed by atoms with Crippen LogP contribution < -0.4 is 5.32 Å². The average molecular weight is 354 g/mol. The fourth-order valence-electron chi connectivity index (χ4n) is 1.69. The third kappa shape index (κ3) is 4.66. The molecular formula is C15H19N3OS3. The Kier molecular flexibility index (Phi) is 6.16. The first-order valence-corrected chi connectivity index (χ1v) is 9.17. The summed E-state index contributed by atoms with van der Waals surface area (Å²) in [7, 11) is 0. The van der Waals surface area contributed by atoms with Crippen LogP contribution in [0.25, 0.3) is 5.69 Å². The molecule has 1 N–H and O–H groups in total. The maximum atomic E-state index is 12.0. The minimum Gasteiger partial charge on any atom is -0.355 e. The predicted octanol–water partition coefficient (Wildman–Crippen LogP) is 3.92. The highest BCUT2D eigenvalue weighted by Crippen LogP contribution is 2.27. The molecule has 0 bridgehead atoms. The van der Waals surface area contributed by atoms with Gasteiger partial charge < -0.3 is 5.32 Å². The molecule has 7 heteroatoms. The Labute approximate surface area is 143 Å². The van der Waals surface area contributed by atoms with E-state index in [9.17, 15) is 4.79 Å². The van der Waals surface area contributed by atoms with Crippen molar-refractivity contribution in [3.05, 3.63) is 34.3 Å². The molecule has 0 aliphatic rings. The number of amides is 1. The molecule has 0 saturated carbocycles. The molecule has 1 amide bonds. The normalized spacial score (nSPS) is 12.4. The number of thioether (sulfide) groups is 1. The second-order valence-corrected chi connectivity index (χ2v) is 8.49. The lowest BCUT2D eigenvalue weighted by molar-refractivity contribution is -0.120. The van der Waals surface area contributed by atoms with E-state index in [-0.39, 0.29) is 11.2 Å². The van der Waals surface area contributed by atoms with Gasteiger partial charge in [-0.3, -0.25) is 4.79 Å². The number of rotatable bonds is 6. The number of nitrogens with zero attached hydrogens (tertiary/aromatic N) is 2. The highest BCUT2D eigenvalue weighted by Gasteiger charge is 2.17. The van der Waals surface area contributed by atoms with Crippen LogP contribution in [0.3, 0.4) is 0 Å². The SMILES string of the molecule is CC(C)CNC(=O)C(C)Sc1nn(-c2ccccc2)c(=S)s1. The summed E-state index contributed by atoms with van der Waals surface area (Å²) in [4.78, 5) is 12.0. The molecule has 0 spiro atoms. The molecular weight excluding hydrogens is 334 g/mol. The monoisotopic (exact) mass is 353 g/mol. The molecule has 22 heavy (non-hydrogen) atoms. The number of nitrogens with one attached hydrogen (secondary N) is 1. The van der Waals surface area contributed by atoms with Crippen LogP contribution in [0.1, 0.15) is 20.8 Å². The van der Waals surface area contributed by atoms with Crippen LogP contribution in [0.2, 0.25) is 0 Å². The number of hydrogen-bond acceptors (Lipinski definition) is 5. The first kappa shape index (κ1) is 17.2. The lowest BCUT2D eigenvalue weighted by atomic mass is 10.2. The van der Waals surface area contributed by atoms with Gasteiger partial charge in [0.2, 0.25) is 5.91 Å². The fraction of sp³-hybridized carbons (Fsp3) is 0.400. The number of para-hydroxylation sites is 1. The Hall–Kier alpha value is -1.18. The van der Waals surface area contributed by atoms with Crippen molar-refractivity contribution < 1.29 is 4.79 Å². The molecule has 0 fully saturated rings. The lowest BCUT2D eigenvalue weighted by Gasteiger charge is -2.11. The van der Waals surface area contributed by atoms with E-state index in [1.807, 2.05) is 37.3 Å². The zero-order chi connectivity index (χ0) is 16.1. The van der Waals surface area contributed by atoms with Crippen LogP contribution in [0, 0.1) is 9.87 Å². The van der Waals surface area contributed by atoms with Gasteiger partial charge in [0.1, 0.15) is 0 Å². The summed E-state index contributed by atoms with van der Waals surface area (Å²) in [6.45, 7) is 6.73. The van der Waals surface area contributed by atoms with E-state index in [1.54, 1.807) is 4.68 Å². The van der Waals surface area contributed by atoms with Crippen molar-refractivity contribution in [1.29, 1.82) is 0 Å². The van der Waals surface area contributed by atoms with Crippen molar-refractivity contribution in [2.75, 3.05) is 6.54 Å². The van der Waals surface area contributed by atoms with Crippen molar-refractivity contribution in [3.63, 3.8) is 0 Å². The van der Waals surface area contributed by atoms with E-state index >= 15 is 0 Å². The van der Waals surface area contributed by atoms with Gasteiger partial charge in [0.15, 0.2) is 8.29 Å². The lowest BCUT2D eigenvalue weighted by Crippen LogP contribution is -2.33. The van der Waals surface area contributed by atoms with Gasteiger partial charge in [-0.05, 0) is 37.2 Å². The summed E-state index contributed by atoms with van der Waals surface area (Å²) in [5.74, 6) is 0.478. The number of benzene rings is 1. The molecule has 1 aromatic carbocycles. The molecule has 1 unspecified atom stereocenters. The van der Waals surface area contributed by atoms with Crippen LogP contribution in [-0.4, -0.2) is 27.5 Å². The molecule has 0 aliphatic carbocycles. The third-order valence-corrected chi connectivity index (χ3v) is 5.28. The molecule has 0 radical (unpaired) electrons. The smallest absolute Gasteiger partial charge is 0.233 e. The highest BCUT2D eigenvalue weighted by atomic mass is 32.2.